The molecule has 8 nitrogen and oxygen atoms in total. The highest BCUT2D eigenvalue weighted by Gasteiger charge is 2.39. The summed E-state index contributed by atoms with van der Waals surface area (Å²) in [6.07, 6.45) is 0.0716. The monoisotopic (exact) mass is 382 g/mol. The van der Waals surface area contributed by atoms with Crippen LogP contribution < -0.4 is 19.7 Å². The minimum Gasteiger partial charge on any atom is -0.465 e. The van der Waals surface area contributed by atoms with Crippen molar-refractivity contribution in [3.8, 4) is 11.5 Å². The summed E-state index contributed by atoms with van der Waals surface area (Å²) >= 11 is 0. The zero-order valence-corrected chi connectivity index (χ0v) is 15.1. The zero-order valence-electron chi connectivity index (χ0n) is 15.1. The van der Waals surface area contributed by atoms with E-state index >= 15 is 0 Å². The van der Waals surface area contributed by atoms with E-state index in [1.165, 1.54) is 19.2 Å². The van der Waals surface area contributed by atoms with Gasteiger partial charge in [0.2, 0.25) is 12.7 Å². The maximum Gasteiger partial charge on any atom is 0.337 e. The topological polar surface area (TPSA) is 94.2 Å². The van der Waals surface area contributed by atoms with E-state index in [0.717, 1.165) is 10.5 Å². The van der Waals surface area contributed by atoms with Crippen LogP contribution in [-0.2, 0) is 20.9 Å². The van der Waals surface area contributed by atoms with Crippen LogP contribution in [-0.4, -0.2) is 37.7 Å². The van der Waals surface area contributed by atoms with Crippen LogP contribution in [0.5, 0.6) is 11.5 Å². The standard InChI is InChI=1S/C20H18N2O6/c1-26-20(25)13-3-5-14(6-4-13)22-18(23)9-15(19(22)24)21-10-12-2-7-16-17(8-12)28-11-27-16/h2-8,15,21H,9-11H2,1H3. The van der Waals surface area contributed by atoms with Crippen LogP contribution in [0.3, 0.4) is 0 Å². The zero-order chi connectivity index (χ0) is 19.7. The number of fused-ring (bicyclic) bond motifs is 1. The van der Waals surface area contributed by atoms with Crippen LogP contribution in [0.25, 0.3) is 0 Å². The van der Waals surface area contributed by atoms with E-state index in [2.05, 4.69) is 10.1 Å². The number of benzene rings is 2. The summed E-state index contributed by atoms with van der Waals surface area (Å²) < 4.78 is 15.3. The number of hydrogen-bond donors (Lipinski definition) is 1. The number of esters is 1. The average molecular weight is 382 g/mol. The molecule has 0 spiro atoms. The molecule has 0 aromatic heterocycles. The number of carbonyl (C=O) groups excluding carboxylic acids is 3. The molecule has 1 N–H and O–H groups in total. The van der Waals surface area contributed by atoms with Gasteiger partial charge in [0.15, 0.2) is 11.5 Å². The van der Waals surface area contributed by atoms with Gasteiger partial charge in [-0.1, -0.05) is 6.07 Å². The Morgan fingerprint density at radius 3 is 2.64 bits per heavy atom. The molecule has 1 unspecified atom stereocenters. The van der Waals surface area contributed by atoms with Gasteiger partial charge < -0.3 is 19.5 Å². The Morgan fingerprint density at radius 2 is 1.89 bits per heavy atom. The van der Waals surface area contributed by atoms with Gasteiger partial charge in [-0.15, -0.1) is 0 Å². The Labute approximate surface area is 161 Å². The van der Waals surface area contributed by atoms with Gasteiger partial charge in [0.1, 0.15) is 0 Å². The first-order valence-corrected chi connectivity index (χ1v) is 8.74. The van der Waals surface area contributed by atoms with Crippen molar-refractivity contribution in [3.05, 3.63) is 53.6 Å². The van der Waals surface area contributed by atoms with E-state index in [9.17, 15) is 14.4 Å². The van der Waals surface area contributed by atoms with E-state index < -0.39 is 12.0 Å². The van der Waals surface area contributed by atoms with E-state index in [4.69, 9.17) is 9.47 Å². The second-order valence-corrected chi connectivity index (χ2v) is 6.43. The van der Waals surface area contributed by atoms with E-state index in [-0.39, 0.29) is 25.0 Å². The largest absolute Gasteiger partial charge is 0.465 e. The number of methoxy groups -OCH3 is 1. The van der Waals surface area contributed by atoms with Crippen molar-refractivity contribution < 1.29 is 28.6 Å². The van der Waals surface area contributed by atoms with Gasteiger partial charge in [-0.05, 0) is 42.0 Å². The molecule has 2 aromatic rings. The first kappa shape index (κ1) is 18.0. The highest BCUT2D eigenvalue weighted by molar-refractivity contribution is 6.22. The van der Waals surface area contributed by atoms with Crippen molar-refractivity contribution in [2.75, 3.05) is 18.8 Å². The van der Waals surface area contributed by atoms with Crippen LogP contribution in [0, 0.1) is 0 Å². The second kappa shape index (κ2) is 7.32. The van der Waals surface area contributed by atoms with Crippen LogP contribution in [0.4, 0.5) is 5.69 Å². The lowest BCUT2D eigenvalue weighted by Gasteiger charge is -2.16. The van der Waals surface area contributed by atoms with E-state index in [1.54, 1.807) is 12.1 Å². The summed E-state index contributed by atoms with van der Waals surface area (Å²) in [5.41, 5.74) is 1.70. The number of nitrogens with zero attached hydrogens (tertiary/aromatic N) is 1. The number of nitrogens with one attached hydrogen (secondary N) is 1. The summed E-state index contributed by atoms with van der Waals surface area (Å²) in [4.78, 5) is 37.7. The number of carbonyl (C=O) groups is 3. The Hall–Kier alpha value is -3.39. The molecule has 8 heteroatoms. The molecule has 2 amide bonds. The first-order valence-electron chi connectivity index (χ1n) is 8.74. The lowest BCUT2D eigenvalue weighted by molar-refractivity contribution is -0.121. The van der Waals surface area contributed by atoms with Gasteiger partial charge in [-0.2, -0.15) is 0 Å². The molecule has 28 heavy (non-hydrogen) atoms. The van der Waals surface area contributed by atoms with Gasteiger partial charge in [0, 0.05) is 6.54 Å². The van der Waals surface area contributed by atoms with Gasteiger partial charge in [0.05, 0.1) is 30.8 Å². The lowest BCUT2D eigenvalue weighted by Crippen LogP contribution is -2.38. The number of anilines is 1. The fourth-order valence-corrected chi connectivity index (χ4v) is 3.22. The van der Waals surface area contributed by atoms with Crippen molar-refractivity contribution >= 4 is 23.5 Å². The molecule has 0 bridgehead atoms. The highest BCUT2D eigenvalue weighted by atomic mass is 16.7. The second-order valence-electron chi connectivity index (χ2n) is 6.43. The predicted molar refractivity (Wildman–Crippen MR) is 98.1 cm³/mol. The minimum absolute atomic E-state index is 0.0716. The maximum atomic E-state index is 12.7. The van der Waals surface area contributed by atoms with Crippen LogP contribution in [0.15, 0.2) is 42.5 Å². The molecule has 2 heterocycles. The number of amides is 2. The van der Waals surface area contributed by atoms with E-state index in [0.29, 0.717) is 29.3 Å². The van der Waals surface area contributed by atoms with Crippen LogP contribution in [0.2, 0.25) is 0 Å². The van der Waals surface area contributed by atoms with Crippen molar-refractivity contribution in [3.63, 3.8) is 0 Å². The molecule has 2 aliphatic rings. The summed E-state index contributed by atoms with van der Waals surface area (Å²) in [6, 6.07) is 11.1. The maximum absolute atomic E-state index is 12.7. The minimum atomic E-state index is -0.613. The van der Waals surface area contributed by atoms with Gasteiger partial charge in [-0.25, -0.2) is 9.69 Å². The van der Waals surface area contributed by atoms with Crippen molar-refractivity contribution in [2.45, 2.75) is 19.0 Å². The number of rotatable bonds is 5. The van der Waals surface area contributed by atoms with Crippen LogP contribution in [0.1, 0.15) is 22.3 Å². The molecule has 1 saturated heterocycles. The molecule has 4 rings (SSSR count). The SMILES string of the molecule is COC(=O)c1ccc(N2C(=O)CC(NCc3ccc4c(c3)OCO4)C2=O)cc1. The predicted octanol–water partition coefficient (Wildman–Crippen LogP) is 1.62. The van der Waals surface area contributed by atoms with E-state index in [1.807, 2.05) is 18.2 Å². The fraction of sp³-hybridized carbons (Fsp3) is 0.250. The molecular weight excluding hydrogens is 364 g/mol. The third-order valence-electron chi connectivity index (χ3n) is 4.68. The first-order chi connectivity index (χ1) is 13.6. The molecule has 0 radical (unpaired) electrons. The van der Waals surface area contributed by atoms with Gasteiger partial charge >= 0.3 is 5.97 Å². The molecular formula is C20H18N2O6. The summed E-state index contributed by atoms with van der Waals surface area (Å²) in [5, 5.41) is 3.13. The Bertz CT molecular complexity index is 940. The van der Waals surface area contributed by atoms with Crippen LogP contribution >= 0.6 is 0 Å². The number of hydrogen-bond acceptors (Lipinski definition) is 7. The van der Waals surface area contributed by atoms with Gasteiger partial charge in [0.25, 0.3) is 5.91 Å². The smallest absolute Gasteiger partial charge is 0.337 e. The normalized spacial score (nSPS) is 17.9. The number of ether oxygens (including phenoxy) is 3. The molecule has 1 atom stereocenters. The molecule has 144 valence electrons. The van der Waals surface area contributed by atoms with Crippen molar-refractivity contribution in [2.24, 2.45) is 0 Å². The third-order valence-corrected chi connectivity index (χ3v) is 4.68. The van der Waals surface area contributed by atoms with Gasteiger partial charge in [-0.3, -0.25) is 9.59 Å². The molecule has 0 aliphatic carbocycles. The lowest BCUT2D eigenvalue weighted by atomic mass is 10.1. The fourth-order valence-electron chi connectivity index (χ4n) is 3.22. The van der Waals surface area contributed by atoms with Crippen molar-refractivity contribution in [1.29, 1.82) is 0 Å². The molecule has 0 saturated carbocycles. The highest BCUT2D eigenvalue weighted by Crippen LogP contribution is 2.32. The Morgan fingerprint density at radius 1 is 1.14 bits per heavy atom. The quantitative estimate of drug-likeness (QED) is 0.620. The molecule has 1 fully saturated rings. The third kappa shape index (κ3) is 3.29. The molecule has 2 aromatic carbocycles. The summed E-state index contributed by atoms with van der Waals surface area (Å²) in [5.74, 6) is 0.266. The summed E-state index contributed by atoms with van der Waals surface area (Å²) in [7, 11) is 1.29. The average Bonchev–Trinajstić information content (AvgIpc) is 3.29. The molecule has 2 aliphatic heterocycles. The van der Waals surface area contributed by atoms with Crippen molar-refractivity contribution in [1.82, 2.24) is 5.32 Å². The Kier molecular flexibility index (Phi) is 4.70. The Balaban J connectivity index is 1.43. The summed E-state index contributed by atoms with van der Waals surface area (Å²) in [6.45, 7) is 0.612. The number of imide groups is 1.